The van der Waals surface area contributed by atoms with Gasteiger partial charge in [0.1, 0.15) is 17.0 Å². The number of halogens is 2. The minimum Gasteiger partial charge on any atom is -0.494 e. The van der Waals surface area contributed by atoms with Crippen LogP contribution in [0, 0.1) is 0 Å². The van der Waals surface area contributed by atoms with Gasteiger partial charge in [0.05, 0.1) is 29.7 Å². The summed E-state index contributed by atoms with van der Waals surface area (Å²) in [5, 5.41) is 1.93. The minimum absolute atomic E-state index is 0.483. The highest BCUT2D eigenvalue weighted by Crippen LogP contribution is 2.44. The number of aromatic nitrogens is 1. The first-order chi connectivity index (χ1) is 9.67. The monoisotopic (exact) mass is 311 g/mol. The van der Waals surface area contributed by atoms with E-state index in [-0.39, 0.29) is 0 Å². The summed E-state index contributed by atoms with van der Waals surface area (Å²) in [4.78, 5) is 4.75. The van der Waals surface area contributed by atoms with E-state index < -0.39 is 0 Å². The van der Waals surface area contributed by atoms with Gasteiger partial charge in [-0.15, -0.1) is 0 Å². The van der Waals surface area contributed by atoms with Gasteiger partial charge >= 0.3 is 0 Å². The van der Waals surface area contributed by atoms with Crippen molar-refractivity contribution < 1.29 is 9.47 Å². The van der Waals surface area contributed by atoms with Crippen LogP contribution in [0.1, 0.15) is 24.1 Å². The zero-order chi connectivity index (χ0) is 14.3. The van der Waals surface area contributed by atoms with E-state index >= 15 is 0 Å². The molecule has 0 fully saturated rings. The molecule has 1 aliphatic carbocycles. The number of hydrogen-bond acceptors (Lipinski definition) is 3. The van der Waals surface area contributed by atoms with Gasteiger partial charge in [-0.2, -0.15) is 0 Å². The lowest BCUT2D eigenvalue weighted by Crippen LogP contribution is -2.07. The van der Waals surface area contributed by atoms with E-state index in [4.69, 9.17) is 37.7 Å². The first-order valence-corrected chi connectivity index (χ1v) is 7.34. The molecule has 2 aromatic rings. The van der Waals surface area contributed by atoms with Gasteiger partial charge in [-0.1, -0.05) is 23.2 Å². The molecule has 0 radical (unpaired) electrons. The molecule has 0 atom stereocenters. The van der Waals surface area contributed by atoms with Crippen molar-refractivity contribution >= 4 is 34.1 Å². The molecule has 3 nitrogen and oxygen atoms in total. The molecule has 0 saturated heterocycles. The molecular weight excluding hydrogens is 297 g/mol. The molecule has 0 unspecified atom stereocenters. The molecule has 0 spiro atoms. The molecule has 0 aliphatic heterocycles. The van der Waals surface area contributed by atoms with Crippen molar-refractivity contribution in [1.29, 1.82) is 0 Å². The number of hydrogen-bond donors (Lipinski definition) is 0. The predicted molar refractivity (Wildman–Crippen MR) is 81.5 cm³/mol. The van der Waals surface area contributed by atoms with Crippen LogP contribution in [0.5, 0.6) is 11.5 Å². The van der Waals surface area contributed by atoms with Crippen molar-refractivity contribution in [3.05, 3.63) is 27.4 Å². The first-order valence-electron chi connectivity index (χ1n) is 6.58. The van der Waals surface area contributed by atoms with Crippen molar-refractivity contribution in [1.82, 2.24) is 4.98 Å². The van der Waals surface area contributed by atoms with Gasteiger partial charge < -0.3 is 9.47 Å². The summed E-state index contributed by atoms with van der Waals surface area (Å²) >= 11 is 12.9. The predicted octanol–water partition coefficient (Wildman–Crippen LogP) is 4.44. The molecule has 1 aliphatic rings. The average molecular weight is 312 g/mol. The summed E-state index contributed by atoms with van der Waals surface area (Å²) in [6, 6.07) is 1.72. The fourth-order valence-corrected chi connectivity index (χ4v) is 3.45. The minimum atomic E-state index is 0.483. The van der Waals surface area contributed by atoms with Crippen LogP contribution in [-0.4, -0.2) is 19.2 Å². The van der Waals surface area contributed by atoms with Crippen LogP contribution in [0.15, 0.2) is 6.07 Å². The number of pyridine rings is 1. The third-order valence-electron chi connectivity index (χ3n) is 3.77. The molecule has 1 aromatic heterocycles. The lowest BCUT2D eigenvalue weighted by molar-refractivity contribution is 0.409. The van der Waals surface area contributed by atoms with Crippen LogP contribution in [0.25, 0.3) is 10.9 Å². The van der Waals surface area contributed by atoms with Crippen LogP contribution in [-0.2, 0) is 12.8 Å². The quantitative estimate of drug-likeness (QED) is 0.821. The van der Waals surface area contributed by atoms with Crippen LogP contribution >= 0.6 is 23.2 Å². The molecule has 20 heavy (non-hydrogen) atoms. The summed E-state index contributed by atoms with van der Waals surface area (Å²) in [5.74, 6) is 1.19. The lowest BCUT2D eigenvalue weighted by atomic mass is 9.94. The summed E-state index contributed by atoms with van der Waals surface area (Å²) in [7, 11) is 3.19. The Balaban J connectivity index is 2.44. The highest BCUT2D eigenvalue weighted by atomic mass is 35.5. The molecule has 106 valence electrons. The van der Waals surface area contributed by atoms with Crippen molar-refractivity contribution in [2.24, 2.45) is 0 Å². The smallest absolute Gasteiger partial charge is 0.148 e. The van der Waals surface area contributed by atoms with Crippen molar-refractivity contribution in [2.75, 3.05) is 14.2 Å². The molecule has 1 heterocycles. The topological polar surface area (TPSA) is 31.4 Å². The van der Waals surface area contributed by atoms with Crippen LogP contribution < -0.4 is 9.47 Å². The SMILES string of the molecule is COc1cc(Cl)c(OC)c2c(Cl)c3c(nc12)CCCC3. The Labute approximate surface area is 127 Å². The second-order valence-corrected chi connectivity index (χ2v) is 5.66. The van der Waals surface area contributed by atoms with E-state index in [9.17, 15) is 0 Å². The van der Waals surface area contributed by atoms with E-state index in [0.29, 0.717) is 21.5 Å². The third kappa shape index (κ3) is 2.00. The Kier molecular flexibility index (Phi) is 3.65. The largest absolute Gasteiger partial charge is 0.494 e. The fourth-order valence-electron chi connectivity index (χ4n) is 2.80. The summed E-state index contributed by atoms with van der Waals surface area (Å²) in [6.45, 7) is 0. The molecule has 0 bridgehead atoms. The normalized spacial score (nSPS) is 14.2. The Hall–Kier alpha value is -1.19. The molecular formula is C15H15Cl2NO2. The van der Waals surface area contributed by atoms with Crippen LogP contribution in [0.4, 0.5) is 0 Å². The standard InChI is InChI=1S/C15H15Cl2NO2/c1-19-11-7-9(16)15(20-2)12-13(17)8-5-3-4-6-10(8)18-14(11)12/h7H,3-6H2,1-2H3. The maximum Gasteiger partial charge on any atom is 0.148 e. The molecule has 5 heteroatoms. The van der Waals surface area contributed by atoms with Gasteiger partial charge in [-0.25, -0.2) is 4.98 Å². The van der Waals surface area contributed by atoms with Crippen molar-refractivity contribution in [3.8, 4) is 11.5 Å². The summed E-state index contributed by atoms with van der Waals surface area (Å²) in [6.07, 6.45) is 4.20. The maximum atomic E-state index is 6.61. The number of ether oxygens (including phenoxy) is 2. The van der Waals surface area contributed by atoms with Crippen LogP contribution in [0.2, 0.25) is 10.0 Å². The Morgan fingerprint density at radius 2 is 1.85 bits per heavy atom. The number of nitrogens with zero attached hydrogens (tertiary/aromatic N) is 1. The summed E-state index contributed by atoms with van der Waals surface area (Å²) in [5.41, 5.74) is 2.91. The van der Waals surface area contributed by atoms with Gasteiger partial charge in [0, 0.05) is 11.8 Å². The number of aryl methyl sites for hydroxylation is 1. The highest BCUT2D eigenvalue weighted by Gasteiger charge is 2.23. The Morgan fingerprint density at radius 1 is 1.10 bits per heavy atom. The number of rotatable bonds is 2. The summed E-state index contributed by atoms with van der Waals surface area (Å²) < 4.78 is 10.8. The lowest BCUT2D eigenvalue weighted by Gasteiger charge is -2.20. The molecule has 0 saturated carbocycles. The molecule has 0 N–H and O–H groups in total. The third-order valence-corrected chi connectivity index (χ3v) is 4.46. The van der Waals surface area contributed by atoms with Crippen molar-refractivity contribution in [3.63, 3.8) is 0 Å². The van der Waals surface area contributed by atoms with E-state index in [2.05, 4.69) is 0 Å². The molecule has 1 aromatic carbocycles. The molecule has 3 rings (SSSR count). The number of fused-ring (bicyclic) bond motifs is 2. The van der Waals surface area contributed by atoms with Gasteiger partial charge in [0.2, 0.25) is 0 Å². The Bertz CT molecular complexity index is 686. The zero-order valence-corrected chi connectivity index (χ0v) is 12.9. The van der Waals surface area contributed by atoms with Gasteiger partial charge in [0.15, 0.2) is 0 Å². The second-order valence-electron chi connectivity index (χ2n) is 4.88. The zero-order valence-electron chi connectivity index (χ0n) is 11.4. The average Bonchev–Trinajstić information content (AvgIpc) is 2.47. The van der Waals surface area contributed by atoms with E-state index in [0.717, 1.165) is 47.8 Å². The highest BCUT2D eigenvalue weighted by molar-refractivity contribution is 6.39. The Morgan fingerprint density at radius 3 is 2.55 bits per heavy atom. The maximum absolute atomic E-state index is 6.61. The van der Waals surface area contributed by atoms with Crippen molar-refractivity contribution in [2.45, 2.75) is 25.7 Å². The van der Waals surface area contributed by atoms with E-state index in [1.165, 1.54) is 0 Å². The first kappa shape index (κ1) is 13.8. The van der Waals surface area contributed by atoms with Gasteiger partial charge in [0.25, 0.3) is 0 Å². The van der Waals surface area contributed by atoms with Gasteiger partial charge in [-0.3, -0.25) is 0 Å². The van der Waals surface area contributed by atoms with E-state index in [1.807, 2.05) is 0 Å². The van der Waals surface area contributed by atoms with Gasteiger partial charge in [-0.05, 0) is 31.2 Å². The number of benzene rings is 1. The second kappa shape index (κ2) is 5.30. The molecule has 0 amide bonds. The number of methoxy groups -OCH3 is 2. The van der Waals surface area contributed by atoms with E-state index in [1.54, 1.807) is 20.3 Å². The van der Waals surface area contributed by atoms with Crippen LogP contribution in [0.3, 0.4) is 0 Å². The fraction of sp³-hybridized carbons (Fsp3) is 0.400.